The van der Waals surface area contributed by atoms with Crippen LogP contribution in [0.5, 0.6) is 0 Å². The lowest BCUT2D eigenvalue weighted by atomic mass is 10.1. The Bertz CT molecular complexity index is 950. The zero-order valence-corrected chi connectivity index (χ0v) is 15.0. The Kier molecular flexibility index (Phi) is 4.77. The number of esters is 1. The van der Waals surface area contributed by atoms with Gasteiger partial charge in [-0.2, -0.15) is 5.10 Å². The third kappa shape index (κ3) is 3.37. The maximum atomic E-state index is 13.9. The Hall–Kier alpha value is -2.40. The third-order valence-electron chi connectivity index (χ3n) is 3.90. The summed E-state index contributed by atoms with van der Waals surface area (Å²) in [4.78, 5) is 11.8. The van der Waals surface area contributed by atoms with Crippen LogP contribution in [0.15, 0.2) is 36.4 Å². The summed E-state index contributed by atoms with van der Waals surface area (Å²) in [6.07, 6.45) is 0. The molecule has 3 aromatic rings. The van der Waals surface area contributed by atoms with Gasteiger partial charge in [0.25, 0.3) is 0 Å². The number of nitrogens with zero attached hydrogens (tertiary/aromatic N) is 2. The highest BCUT2D eigenvalue weighted by atomic mass is 35.5. The zero-order chi connectivity index (χ0) is 18.1. The predicted molar refractivity (Wildman–Crippen MR) is 96.3 cm³/mol. The Balaban J connectivity index is 2.21. The maximum absolute atomic E-state index is 13.9. The lowest BCUT2D eigenvalue weighted by Gasteiger charge is -2.07. The standard InChI is InChI=1S/C19H18ClFN2O2/c1-11(2)10-23-17-9-13(19(24)25-3)4-6-14(17)18(22-23)12-5-7-15(20)16(21)8-12/h4-9,11H,10H2,1-3H3. The van der Waals surface area contributed by atoms with E-state index in [1.54, 1.807) is 18.2 Å². The number of rotatable bonds is 4. The molecule has 1 heterocycles. The molecule has 2 aromatic carbocycles. The molecule has 0 aliphatic heterocycles. The SMILES string of the molecule is COC(=O)c1ccc2c(-c3ccc(Cl)c(F)c3)nn(CC(C)C)c2c1. The number of aromatic nitrogens is 2. The van der Waals surface area contributed by atoms with Crippen LogP contribution in [0.2, 0.25) is 5.02 Å². The van der Waals surface area contributed by atoms with E-state index in [1.807, 2.05) is 10.7 Å². The van der Waals surface area contributed by atoms with Crippen molar-refractivity contribution in [2.24, 2.45) is 5.92 Å². The lowest BCUT2D eigenvalue weighted by molar-refractivity contribution is 0.0601. The van der Waals surface area contributed by atoms with Gasteiger partial charge >= 0.3 is 5.97 Å². The fourth-order valence-electron chi connectivity index (χ4n) is 2.76. The van der Waals surface area contributed by atoms with Crippen LogP contribution in [0.25, 0.3) is 22.2 Å². The number of carbonyl (C=O) groups is 1. The molecule has 0 fully saturated rings. The normalized spacial score (nSPS) is 11.3. The minimum Gasteiger partial charge on any atom is -0.465 e. The number of carbonyl (C=O) groups excluding carboxylic acids is 1. The Morgan fingerprint density at radius 3 is 2.68 bits per heavy atom. The highest BCUT2D eigenvalue weighted by Crippen LogP contribution is 2.31. The van der Waals surface area contributed by atoms with E-state index in [0.717, 1.165) is 10.9 Å². The van der Waals surface area contributed by atoms with Crippen LogP contribution in [-0.2, 0) is 11.3 Å². The van der Waals surface area contributed by atoms with E-state index in [2.05, 4.69) is 18.9 Å². The van der Waals surface area contributed by atoms with Gasteiger partial charge in [-0.25, -0.2) is 9.18 Å². The van der Waals surface area contributed by atoms with Crippen molar-refractivity contribution in [1.82, 2.24) is 9.78 Å². The predicted octanol–water partition coefficient (Wildman–Crippen LogP) is 4.94. The van der Waals surface area contributed by atoms with Gasteiger partial charge in [-0.3, -0.25) is 4.68 Å². The molecule has 0 aliphatic rings. The lowest BCUT2D eigenvalue weighted by Crippen LogP contribution is -2.07. The molecule has 0 saturated carbocycles. The van der Waals surface area contributed by atoms with Crippen molar-refractivity contribution in [3.8, 4) is 11.3 Å². The summed E-state index contributed by atoms with van der Waals surface area (Å²) in [7, 11) is 1.35. The molecule has 0 atom stereocenters. The number of hydrogen-bond acceptors (Lipinski definition) is 3. The van der Waals surface area contributed by atoms with Crippen LogP contribution in [0.4, 0.5) is 4.39 Å². The monoisotopic (exact) mass is 360 g/mol. The molecule has 130 valence electrons. The highest BCUT2D eigenvalue weighted by molar-refractivity contribution is 6.30. The topological polar surface area (TPSA) is 44.1 Å². The van der Waals surface area contributed by atoms with Crippen LogP contribution in [-0.4, -0.2) is 22.9 Å². The largest absolute Gasteiger partial charge is 0.465 e. The number of ether oxygens (including phenoxy) is 1. The number of hydrogen-bond donors (Lipinski definition) is 0. The molecule has 4 nitrogen and oxygen atoms in total. The third-order valence-corrected chi connectivity index (χ3v) is 4.21. The molecule has 0 spiro atoms. The van der Waals surface area contributed by atoms with Crippen molar-refractivity contribution < 1.29 is 13.9 Å². The summed E-state index contributed by atoms with van der Waals surface area (Å²) in [6.45, 7) is 4.84. The molecule has 0 unspecified atom stereocenters. The second-order valence-corrected chi connectivity index (χ2v) is 6.68. The van der Waals surface area contributed by atoms with Crippen molar-refractivity contribution >= 4 is 28.5 Å². The Morgan fingerprint density at radius 2 is 2.04 bits per heavy atom. The van der Waals surface area contributed by atoms with E-state index in [4.69, 9.17) is 16.3 Å². The Labute approximate surface area is 150 Å². The van der Waals surface area contributed by atoms with E-state index in [-0.39, 0.29) is 5.02 Å². The maximum Gasteiger partial charge on any atom is 0.337 e. The number of benzene rings is 2. The van der Waals surface area contributed by atoms with Gasteiger partial charge in [0.1, 0.15) is 11.5 Å². The molecule has 0 N–H and O–H groups in total. The van der Waals surface area contributed by atoms with Crippen molar-refractivity contribution in [1.29, 1.82) is 0 Å². The molecule has 25 heavy (non-hydrogen) atoms. The summed E-state index contributed by atoms with van der Waals surface area (Å²) in [5, 5.41) is 5.57. The van der Waals surface area contributed by atoms with Gasteiger partial charge in [0, 0.05) is 17.5 Å². The number of halogens is 2. The minimum absolute atomic E-state index is 0.0719. The Morgan fingerprint density at radius 1 is 1.28 bits per heavy atom. The van der Waals surface area contributed by atoms with Crippen molar-refractivity contribution in [3.05, 3.63) is 52.8 Å². The number of fused-ring (bicyclic) bond motifs is 1. The molecule has 1 aromatic heterocycles. The van der Waals surface area contributed by atoms with Crippen LogP contribution in [0.1, 0.15) is 24.2 Å². The van der Waals surface area contributed by atoms with Crippen molar-refractivity contribution in [3.63, 3.8) is 0 Å². The summed E-state index contributed by atoms with van der Waals surface area (Å²) >= 11 is 5.78. The number of methoxy groups -OCH3 is 1. The van der Waals surface area contributed by atoms with E-state index in [1.165, 1.54) is 19.2 Å². The van der Waals surface area contributed by atoms with E-state index in [0.29, 0.717) is 29.3 Å². The van der Waals surface area contributed by atoms with Crippen molar-refractivity contribution in [2.75, 3.05) is 7.11 Å². The van der Waals surface area contributed by atoms with Gasteiger partial charge in [0.2, 0.25) is 0 Å². The minimum atomic E-state index is -0.489. The summed E-state index contributed by atoms with van der Waals surface area (Å²) in [6, 6.07) is 9.88. The first-order valence-corrected chi connectivity index (χ1v) is 8.32. The van der Waals surface area contributed by atoms with Gasteiger partial charge in [-0.15, -0.1) is 0 Å². The van der Waals surface area contributed by atoms with Gasteiger partial charge in [-0.1, -0.05) is 31.5 Å². The zero-order valence-electron chi connectivity index (χ0n) is 14.2. The van der Waals surface area contributed by atoms with E-state index in [9.17, 15) is 9.18 Å². The van der Waals surface area contributed by atoms with Gasteiger partial charge < -0.3 is 4.74 Å². The van der Waals surface area contributed by atoms with Gasteiger partial charge in [0.15, 0.2) is 0 Å². The molecule has 0 amide bonds. The molecule has 0 bridgehead atoms. The van der Waals surface area contributed by atoms with E-state index >= 15 is 0 Å². The smallest absolute Gasteiger partial charge is 0.337 e. The van der Waals surface area contributed by atoms with Crippen LogP contribution in [0.3, 0.4) is 0 Å². The van der Waals surface area contributed by atoms with Gasteiger partial charge in [0.05, 0.1) is 23.2 Å². The first kappa shape index (κ1) is 17.4. The molecule has 0 aliphatic carbocycles. The fraction of sp³-hybridized carbons (Fsp3) is 0.263. The molecule has 3 rings (SSSR count). The quantitative estimate of drug-likeness (QED) is 0.619. The van der Waals surface area contributed by atoms with Crippen molar-refractivity contribution in [2.45, 2.75) is 20.4 Å². The van der Waals surface area contributed by atoms with Crippen LogP contribution < -0.4 is 0 Å². The van der Waals surface area contributed by atoms with Crippen LogP contribution >= 0.6 is 11.6 Å². The first-order valence-electron chi connectivity index (χ1n) is 7.95. The van der Waals surface area contributed by atoms with E-state index < -0.39 is 11.8 Å². The molecule has 6 heteroatoms. The average molecular weight is 361 g/mol. The fourth-order valence-corrected chi connectivity index (χ4v) is 2.88. The second-order valence-electron chi connectivity index (χ2n) is 6.28. The van der Waals surface area contributed by atoms with Gasteiger partial charge in [-0.05, 0) is 36.2 Å². The molecule has 0 radical (unpaired) electrons. The summed E-state index contributed by atoms with van der Waals surface area (Å²) in [5.74, 6) is -0.533. The average Bonchev–Trinajstić information content (AvgIpc) is 2.94. The molecular formula is C19H18ClFN2O2. The summed E-state index contributed by atoms with van der Waals surface area (Å²) in [5.41, 5.74) is 2.55. The second kappa shape index (κ2) is 6.84. The highest BCUT2D eigenvalue weighted by Gasteiger charge is 2.17. The van der Waals surface area contributed by atoms with Crippen LogP contribution in [0, 0.1) is 11.7 Å². The molecule has 0 saturated heterocycles. The first-order chi connectivity index (χ1) is 11.9. The summed E-state index contributed by atoms with van der Waals surface area (Å²) < 4.78 is 20.5. The molecular weight excluding hydrogens is 343 g/mol.